The number of imidazole rings is 1. The van der Waals surface area contributed by atoms with Crippen LogP contribution in [0.25, 0.3) is 11.3 Å². The molecule has 0 aliphatic rings. The van der Waals surface area contributed by atoms with Gasteiger partial charge in [0.2, 0.25) is 0 Å². The summed E-state index contributed by atoms with van der Waals surface area (Å²) in [6.07, 6.45) is 11.1. The van der Waals surface area contributed by atoms with Crippen molar-refractivity contribution in [2.45, 2.75) is 41.5 Å². The van der Waals surface area contributed by atoms with Gasteiger partial charge in [0.1, 0.15) is 23.0 Å². The molecule has 1 aromatic heterocycles. The first kappa shape index (κ1) is 32.5. The van der Waals surface area contributed by atoms with Crippen LogP contribution in [0.2, 0.25) is 0 Å². The molecule has 0 aliphatic heterocycles. The molecule has 0 bridgehead atoms. The molecular formula is C34H41N5O2. The predicted molar refractivity (Wildman–Crippen MR) is 173 cm³/mol. The molecule has 41 heavy (non-hydrogen) atoms. The van der Waals surface area contributed by atoms with Crippen molar-refractivity contribution in [3.05, 3.63) is 126 Å². The van der Waals surface area contributed by atoms with Gasteiger partial charge in [0, 0.05) is 29.7 Å². The number of hydrogen-bond donors (Lipinski definition) is 4. The Morgan fingerprint density at radius 3 is 2.41 bits per heavy atom. The number of hydrogen-bond acceptors (Lipinski definition) is 4. The highest BCUT2D eigenvalue weighted by Gasteiger charge is 2.18. The number of amides is 1. The highest BCUT2D eigenvalue weighted by molar-refractivity contribution is 6.07. The van der Waals surface area contributed by atoms with Crippen molar-refractivity contribution in [1.29, 1.82) is 0 Å². The van der Waals surface area contributed by atoms with Crippen LogP contribution in [-0.2, 0) is 0 Å². The number of aliphatic hydroxyl groups is 1. The number of aromatic nitrogens is 2. The van der Waals surface area contributed by atoms with Gasteiger partial charge >= 0.3 is 0 Å². The van der Waals surface area contributed by atoms with E-state index in [1.807, 2.05) is 101 Å². The minimum absolute atomic E-state index is 0.250. The Bertz CT molecular complexity index is 1470. The molecule has 0 spiro atoms. The molecule has 0 radical (unpaired) electrons. The number of aryl methyl sites for hydroxylation is 3. The fraction of sp³-hybridized carbons (Fsp3) is 0.206. The Morgan fingerprint density at radius 1 is 1.10 bits per heavy atom. The molecule has 2 aromatic carbocycles. The maximum Gasteiger partial charge on any atom is 0.274 e. The molecule has 3 aromatic rings. The Morgan fingerprint density at radius 2 is 1.78 bits per heavy atom. The van der Waals surface area contributed by atoms with Crippen LogP contribution in [0.15, 0.2) is 108 Å². The second-order valence-electron chi connectivity index (χ2n) is 9.23. The number of allylic oxidation sites excluding steroid dienone is 7. The second kappa shape index (κ2) is 16.4. The first-order chi connectivity index (χ1) is 19.6. The van der Waals surface area contributed by atoms with Crippen LogP contribution in [0.1, 0.15) is 48.2 Å². The third-order valence-electron chi connectivity index (χ3n) is 5.82. The number of rotatable bonds is 9. The minimum atomic E-state index is -0.256. The number of nitrogens with one attached hydrogen (secondary N) is 3. The third kappa shape index (κ3) is 10.1. The van der Waals surface area contributed by atoms with Gasteiger partial charge in [-0.15, -0.1) is 0 Å². The largest absolute Gasteiger partial charge is 0.397 e. The summed E-state index contributed by atoms with van der Waals surface area (Å²) in [5.41, 5.74) is 7.46. The van der Waals surface area contributed by atoms with Crippen molar-refractivity contribution in [2.75, 3.05) is 17.2 Å². The summed E-state index contributed by atoms with van der Waals surface area (Å²) in [6, 6.07) is 13.7. The van der Waals surface area contributed by atoms with Crippen molar-refractivity contribution in [2.24, 2.45) is 4.99 Å². The highest BCUT2D eigenvalue weighted by atomic mass is 16.2. The van der Waals surface area contributed by atoms with Gasteiger partial charge in [-0.2, -0.15) is 0 Å². The lowest BCUT2D eigenvalue weighted by Crippen LogP contribution is -2.14. The summed E-state index contributed by atoms with van der Waals surface area (Å²) in [4.78, 5) is 25.3. The quantitative estimate of drug-likeness (QED) is 0.124. The normalized spacial score (nSPS) is 11.8. The molecule has 3 rings (SSSR count). The molecule has 0 unspecified atom stereocenters. The Balaban J connectivity index is 0.00000187. The van der Waals surface area contributed by atoms with E-state index >= 15 is 0 Å². The molecule has 214 valence electrons. The SMILES string of the molecule is C=C/C=C\C(=C/C)C(=C)/C=C\N=C(C)Nc1cc(NC(=O)c2[nH]c(C)nc2-c2ccc(C)cc2)ccc1C.CCO. The zero-order chi connectivity index (χ0) is 30.4. The fourth-order valence-corrected chi connectivity index (χ4v) is 3.73. The molecule has 7 heteroatoms. The number of nitrogens with zero attached hydrogens (tertiary/aromatic N) is 2. The molecule has 4 N–H and O–H groups in total. The van der Waals surface area contributed by atoms with Gasteiger partial charge < -0.3 is 20.7 Å². The summed E-state index contributed by atoms with van der Waals surface area (Å²) in [6.45, 7) is 19.4. The van der Waals surface area contributed by atoms with E-state index < -0.39 is 0 Å². The molecule has 1 amide bonds. The number of anilines is 2. The first-order valence-corrected chi connectivity index (χ1v) is 13.4. The minimum Gasteiger partial charge on any atom is -0.397 e. The Labute approximate surface area is 243 Å². The molecule has 0 atom stereocenters. The van der Waals surface area contributed by atoms with Gasteiger partial charge in [-0.25, -0.2) is 9.98 Å². The van der Waals surface area contributed by atoms with E-state index in [1.54, 1.807) is 19.2 Å². The number of carbonyl (C=O) groups is 1. The lowest BCUT2D eigenvalue weighted by molar-refractivity contribution is 0.102. The number of benzene rings is 2. The van der Waals surface area contributed by atoms with E-state index in [1.165, 1.54) is 0 Å². The summed E-state index contributed by atoms with van der Waals surface area (Å²) in [5, 5.41) is 13.9. The van der Waals surface area contributed by atoms with Gasteiger partial charge in [0.05, 0.1) is 0 Å². The van der Waals surface area contributed by atoms with Crippen LogP contribution in [-0.4, -0.2) is 33.4 Å². The Hall–Kier alpha value is -4.75. The van der Waals surface area contributed by atoms with Crippen LogP contribution in [0, 0.1) is 20.8 Å². The molecule has 0 aliphatic carbocycles. The standard InChI is InChI=1S/C32H35N5O.C2H6O/c1-8-10-11-26(9-2)22(4)18-19-33-24(6)34-29-20-28(17-14-23(29)5)37-32(38)31-30(35-25(7)36-31)27-15-12-21(3)13-16-27;1-2-3/h8-20H,1,4H2,2-3,5-7H3,(H,33,34)(H,35,36)(H,37,38);3H,2H2,1H3/b11-10-,19-18-,26-9+;. The number of aliphatic imine (C=N–C) groups is 1. The topological polar surface area (TPSA) is 102 Å². The molecular weight excluding hydrogens is 510 g/mol. The Kier molecular flexibility index (Phi) is 13.0. The van der Waals surface area contributed by atoms with Gasteiger partial charge in [-0.05, 0) is 76.5 Å². The van der Waals surface area contributed by atoms with Crippen LogP contribution in [0.4, 0.5) is 11.4 Å². The number of aliphatic hydroxyl groups excluding tert-OH is 1. The smallest absolute Gasteiger partial charge is 0.274 e. The summed E-state index contributed by atoms with van der Waals surface area (Å²) < 4.78 is 0. The van der Waals surface area contributed by atoms with Crippen LogP contribution >= 0.6 is 0 Å². The van der Waals surface area contributed by atoms with Gasteiger partial charge in [-0.1, -0.05) is 73.4 Å². The average Bonchev–Trinajstić information content (AvgIpc) is 3.33. The van der Waals surface area contributed by atoms with Gasteiger partial charge in [-0.3, -0.25) is 4.79 Å². The zero-order valence-corrected chi connectivity index (χ0v) is 24.9. The second-order valence-corrected chi connectivity index (χ2v) is 9.23. The van der Waals surface area contributed by atoms with Crippen LogP contribution < -0.4 is 10.6 Å². The van der Waals surface area contributed by atoms with Gasteiger partial charge in [0.15, 0.2) is 0 Å². The lowest BCUT2D eigenvalue weighted by atomic mass is 10.1. The predicted octanol–water partition coefficient (Wildman–Crippen LogP) is 7.84. The molecule has 7 nitrogen and oxygen atoms in total. The first-order valence-electron chi connectivity index (χ1n) is 13.4. The van der Waals surface area contributed by atoms with E-state index in [0.29, 0.717) is 28.7 Å². The summed E-state index contributed by atoms with van der Waals surface area (Å²) in [5.74, 6) is 1.13. The number of amidine groups is 1. The fourth-order valence-electron chi connectivity index (χ4n) is 3.73. The third-order valence-corrected chi connectivity index (χ3v) is 5.82. The van der Waals surface area contributed by atoms with Crippen LogP contribution in [0.3, 0.4) is 0 Å². The molecule has 0 saturated carbocycles. The number of carbonyl (C=O) groups excluding carboxylic acids is 1. The highest BCUT2D eigenvalue weighted by Crippen LogP contribution is 2.25. The van der Waals surface area contributed by atoms with E-state index in [9.17, 15) is 4.79 Å². The van der Waals surface area contributed by atoms with Crippen molar-refractivity contribution >= 4 is 23.1 Å². The van der Waals surface area contributed by atoms with Crippen molar-refractivity contribution < 1.29 is 9.90 Å². The summed E-state index contributed by atoms with van der Waals surface area (Å²) in [7, 11) is 0. The van der Waals surface area contributed by atoms with Crippen LogP contribution in [0.5, 0.6) is 0 Å². The van der Waals surface area contributed by atoms with E-state index in [0.717, 1.165) is 33.5 Å². The van der Waals surface area contributed by atoms with Crippen molar-refractivity contribution in [3.63, 3.8) is 0 Å². The molecule has 1 heterocycles. The maximum atomic E-state index is 13.2. The maximum absolute atomic E-state index is 13.2. The summed E-state index contributed by atoms with van der Waals surface area (Å²) >= 11 is 0. The number of aromatic amines is 1. The molecule has 0 saturated heterocycles. The lowest BCUT2D eigenvalue weighted by Gasteiger charge is -2.12. The van der Waals surface area contributed by atoms with E-state index in [2.05, 4.69) is 38.8 Å². The average molecular weight is 552 g/mol. The number of H-pyrrole nitrogens is 1. The molecule has 0 fully saturated rings. The van der Waals surface area contributed by atoms with Crippen molar-refractivity contribution in [1.82, 2.24) is 9.97 Å². The monoisotopic (exact) mass is 551 g/mol. The van der Waals surface area contributed by atoms with E-state index in [4.69, 9.17) is 5.11 Å². The zero-order valence-electron chi connectivity index (χ0n) is 24.9. The van der Waals surface area contributed by atoms with E-state index in [-0.39, 0.29) is 12.5 Å². The van der Waals surface area contributed by atoms with Crippen molar-refractivity contribution in [3.8, 4) is 11.3 Å². The van der Waals surface area contributed by atoms with Gasteiger partial charge in [0.25, 0.3) is 5.91 Å².